The third-order valence-corrected chi connectivity index (χ3v) is 10.6. The van der Waals surface area contributed by atoms with Crippen LogP contribution in [-0.2, 0) is 29.3 Å². The lowest BCUT2D eigenvalue weighted by Crippen LogP contribution is -2.44. The number of anilines is 1. The number of rotatable bonds is 9. The molecule has 12 heteroatoms. The first-order valence-electron chi connectivity index (χ1n) is 17.0. The van der Waals surface area contributed by atoms with Gasteiger partial charge in [-0.15, -0.1) is 0 Å². The molecular formula is C36H46ClN5O6. The van der Waals surface area contributed by atoms with Gasteiger partial charge in [0.2, 0.25) is 11.2 Å². The van der Waals surface area contributed by atoms with Gasteiger partial charge in [-0.1, -0.05) is 39.2 Å². The van der Waals surface area contributed by atoms with Gasteiger partial charge in [-0.25, -0.2) is 4.98 Å². The molecular weight excluding hydrogens is 634 g/mol. The zero-order chi connectivity index (χ0) is 34.4. The van der Waals surface area contributed by atoms with E-state index in [1.807, 2.05) is 46.8 Å². The van der Waals surface area contributed by atoms with E-state index in [1.165, 1.54) is 39.0 Å². The molecule has 0 radical (unpaired) electrons. The Morgan fingerprint density at radius 3 is 2.54 bits per heavy atom. The van der Waals surface area contributed by atoms with Crippen LogP contribution in [0.5, 0.6) is 5.75 Å². The Morgan fingerprint density at radius 2 is 1.83 bits per heavy atom. The number of hydrogen-bond acceptors (Lipinski definition) is 9. The highest BCUT2D eigenvalue weighted by Gasteiger charge is 2.47. The molecule has 258 valence electrons. The van der Waals surface area contributed by atoms with Crippen molar-refractivity contribution in [3.05, 3.63) is 40.4 Å². The van der Waals surface area contributed by atoms with Crippen molar-refractivity contribution in [1.29, 1.82) is 0 Å². The summed E-state index contributed by atoms with van der Waals surface area (Å²) in [5.74, 6) is -0.111. The van der Waals surface area contributed by atoms with Gasteiger partial charge >= 0.3 is 11.9 Å². The van der Waals surface area contributed by atoms with Crippen LogP contribution < -0.4 is 10.1 Å². The van der Waals surface area contributed by atoms with Crippen molar-refractivity contribution in [2.24, 2.45) is 11.3 Å². The molecule has 1 N–H and O–H groups in total. The Balaban J connectivity index is 1.09. The summed E-state index contributed by atoms with van der Waals surface area (Å²) in [4.78, 5) is 51.4. The molecule has 0 unspecified atom stereocenters. The lowest BCUT2D eigenvalue weighted by molar-refractivity contribution is -0.157. The Hall–Kier alpha value is -3.57. The molecule has 2 atom stereocenters. The number of nitrogens with one attached hydrogen (secondary N) is 1. The number of hydrogen-bond donors (Lipinski definition) is 1. The Labute approximate surface area is 286 Å². The van der Waals surface area contributed by atoms with Gasteiger partial charge in [0, 0.05) is 23.8 Å². The van der Waals surface area contributed by atoms with Crippen molar-refractivity contribution in [1.82, 2.24) is 19.5 Å². The summed E-state index contributed by atoms with van der Waals surface area (Å²) in [6.45, 7) is 11.1. The van der Waals surface area contributed by atoms with E-state index in [9.17, 15) is 14.4 Å². The highest BCUT2D eigenvalue weighted by Crippen LogP contribution is 2.55. The van der Waals surface area contributed by atoms with Crippen LogP contribution in [0.25, 0.3) is 11.2 Å². The zero-order valence-corrected chi connectivity index (χ0v) is 29.5. The first-order chi connectivity index (χ1) is 22.7. The van der Waals surface area contributed by atoms with E-state index in [2.05, 4.69) is 20.3 Å². The van der Waals surface area contributed by atoms with Crippen molar-refractivity contribution < 1.29 is 28.6 Å². The van der Waals surface area contributed by atoms with Crippen molar-refractivity contribution >= 4 is 46.4 Å². The van der Waals surface area contributed by atoms with Gasteiger partial charge in [-0.2, -0.15) is 9.97 Å². The number of benzene rings is 1. The minimum Gasteiger partial charge on any atom is -0.463 e. The predicted octanol–water partition coefficient (Wildman–Crippen LogP) is 7.30. The largest absolute Gasteiger partial charge is 0.463 e. The summed E-state index contributed by atoms with van der Waals surface area (Å²) >= 11 is 6.34. The summed E-state index contributed by atoms with van der Waals surface area (Å²) in [6.07, 6.45) is 10.6. The number of fused-ring (bicyclic) bond motifs is 1. The van der Waals surface area contributed by atoms with Crippen molar-refractivity contribution in [3.8, 4) is 5.75 Å². The van der Waals surface area contributed by atoms with Crippen molar-refractivity contribution in [2.45, 2.75) is 123 Å². The second-order valence-electron chi connectivity index (χ2n) is 15.2. The Morgan fingerprint density at radius 1 is 1.10 bits per heavy atom. The summed E-state index contributed by atoms with van der Waals surface area (Å²) in [5.41, 5.74) is 2.56. The number of aryl methyl sites for hydroxylation is 2. The molecule has 11 nitrogen and oxygen atoms in total. The molecule has 1 spiro atoms. The standard InChI is InChI=1S/C36H46ClN5O6/c1-21-14-22(2)28(25(15-21)47-23(3)43)34(4,5)18-27(44)46-19-35(6)13-10-26(48-35)42-20-38-29-30(40-33(37)41-31(29)42)39-32(45)24-16-36(17-24)11-8-7-9-12-36/h14-15,20,24,26H,7-13,16-19H2,1-6H3,(H,39,40,41,45)/t26-,35+/m1/s1. The second-order valence-corrected chi connectivity index (χ2v) is 15.5. The van der Waals surface area contributed by atoms with E-state index in [1.54, 1.807) is 10.9 Å². The SMILES string of the molecule is CC(=O)Oc1cc(C)cc(C)c1C(C)(C)CC(=O)OC[C@]1(C)CC[C@H](n2cnc3c(NC(=O)C4CC5(CCCCC5)C4)nc(Cl)nc32)O1. The molecule has 0 bridgehead atoms. The molecule has 2 saturated carbocycles. The lowest BCUT2D eigenvalue weighted by Gasteiger charge is -2.49. The van der Waals surface area contributed by atoms with Crippen LogP contribution in [0.2, 0.25) is 5.28 Å². The van der Waals surface area contributed by atoms with Gasteiger partial charge in [0.05, 0.1) is 12.7 Å². The van der Waals surface area contributed by atoms with Gasteiger partial charge in [-0.05, 0) is 93.5 Å². The quantitative estimate of drug-likeness (QED) is 0.140. The highest BCUT2D eigenvalue weighted by atomic mass is 35.5. The molecule has 2 aliphatic carbocycles. The maximum atomic E-state index is 13.2. The molecule has 3 aliphatic rings. The van der Waals surface area contributed by atoms with E-state index < -0.39 is 23.2 Å². The molecule has 3 aromatic rings. The summed E-state index contributed by atoms with van der Waals surface area (Å²) in [7, 11) is 0. The molecule has 3 heterocycles. The molecule has 1 amide bonds. The van der Waals surface area contributed by atoms with Crippen molar-refractivity contribution in [3.63, 3.8) is 0 Å². The second kappa shape index (κ2) is 13.0. The summed E-state index contributed by atoms with van der Waals surface area (Å²) in [5, 5.41) is 2.99. The number of nitrogens with zero attached hydrogens (tertiary/aromatic N) is 4. The number of halogens is 1. The monoisotopic (exact) mass is 679 g/mol. The molecule has 1 aromatic carbocycles. The number of carbonyl (C=O) groups excluding carboxylic acids is 3. The molecule has 1 aliphatic heterocycles. The topological polar surface area (TPSA) is 135 Å². The van der Waals surface area contributed by atoms with Gasteiger partial charge in [0.25, 0.3) is 0 Å². The highest BCUT2D eigenvalue weighted by molar-refractivity contribution is 6.28. The van der Waals surface area contributed by atoms with Gasteiger partial charge in [0.15, 0.2) is 17.0 Å². The fraction of sp³-hybridized carbons (Fsp3) is 0.611. The van der Waals surface area contributed by atoms with Crippen LogP contribution in [0.15, 0.2) is 18.5 Å². The summed E-state index contributed by atoms with van der Waals surface area (Å²) in [6, 6.07) is 3.83. The van der Waals surface area contributed by atoms with E-state index in [0.29, 0.717) is 41.0 Å². The van der Waals surface area contributed by atoms with E-state index in [0.717, 1.165) is 29.5 Å². The Bertz CT molecular complexity index is 1740. The first-order valence-corrected chi connectivity index (χ1v) is 17.4. The molecule has 48 heavy (non-hydrogen) atoms. The molecule has 2 aromatic heterocycles. The lowest BCUT2D eigenvalue weighted by atomic mass is 9.55. The zero-order valence-electron chi connectivity index (χ0n) is 28.8. The van der Waals surface area contributed by atoms with Crippen molar-refractivity contribution in [2.75, 3.05) is 11.9 Å². The fourth-order valence-electron chi connectivity index (χ4n) is 8.23. The number of ether oxygens (including phenoxy) is 3. The molecule has 1 saturated heterocycles. The number of aromatic nitrogens is 4. The van der Waals surface area contributed by atoms with E-state index in [4.69, 9.17) is 25.8 Å². The first kappa shape index (κ1) is 34.3. The van der Waals surface area contributed by atoms with Gasteiger partial charge in [0.1, 0.15) is 24.2 Å². The van der Waals surface area contributed by atoms with Crippen LogP contribution >= 0.6 is 11.6 Å². The van der Waals surface area contributed by atoms with Gasteiger partial charge < -0.3 is 19.5 Å². The van der Waals surface area contributed by atoms with Crippen LogP contribution in [0.3, 0.4) is 0 Å². The fourth-order valence-corrected chi connectivity index (χ4v) is 8.39. The predicted molar refractivity (Wildman–Crippen MR) is 181 cm³/mol. The average molecular weight is 680 g/mol. The smallest absolute Gasteiger partial charge is 0.308 e. The van der Waals surface area contributed by atoms with Crippen LogP contribution in [0, 0.1) is 25.2 Å². The molecule has 6 rings (SSSR count). The normalized spacial score (nSPS) is 22.4. The van der Waals surface area contributed by atoms with E-state index in [-0.39, 0.29) is 36.1 Å². The Kier molecular flexibility index (Phi) is 9.32. The number of imidazole rings is 1. The van der Waals surface area contributed by atoms with Gasteiger partial charge in [-0.3, -0.25) is 19.0 Å². The van der Waals surface area contributed by atoms with E-state index >= 15 is 0 Å². The third-order valence-electron chi connectivity index (χ3n) is 10.4. The maximum Gasteiger partial charge on any atom is 0.308 e. The van der Waals surface area contributed by atoms with Crippen LogP contribution in [0.1, 0.15) is 115 Å². The third kappa shape index (κ3) is 7.08. The maximum absolute atomic E-state index is 13.2. The average Bonchev–Trinajstić information content (AvgIpc) is 3.58. The number of esters is 2. The number of carbonyl (C=O) groups is 3. The van der Waals surface area contributed by atoms with Crippen LogP contribution in [-0.4, -0.2) is 49.6 Å². The minimum atomic E-state index is -0.739. The minimum absolute atomic E-state index is 0.00915. The molecule has 3 fully saturated rings. The number of amides is 1. The summed E-state index contributed by atoms with van der Waals surface area (Å²) < 4.78 is 19.6. The van der Waals surface area contributed by atoms with Crippen LogP contribution in [0.4, 0.5) is 5.82 Å².